The van der Waals surface area contributed by atoms with E-state index in [1.54, 1.807) is 0 Å². The molecule has 0 atom stereocenters. The van der Waals surface area contributed by atoms with E-state index in [9.17, 15) is 18.0 Å². The molecule has 0 amide bonds. The number of benzene rings is 1. The Morgan fingerprint density at radius 2 is 2.06 bits per heavy atom. The van der Waals surface area contributed by atoms with Crippen molar-refractivity contribution in [3.8, 4) is 0 Å². The van der Waals surface area contributed by atoms with Gasteiger partial charge in [-0.25, -0.2) is 0 Å². The second kappa shape index (κ2) is 4.07. The largest absolute Gasteiger partial charge is 0.406 e. The molecule has 0 fully saturated rings. The second-order valence-corrected chi connectivity index (χ2v) is 4.04. The van der Waals surface area contributed by atoms with Gasteiger partial charge in [0.25, 0.3) is 0 Å². The number of carbonyl (C=O) groups excluding carboxylic acids is 1. The number of aromatic nitrogens is 1. The van der Waals surface area contributed by atoms with Crippen LogP contribution in [0.2, 0.25) is 5.02 Å². The molecule has 17 heavy (non-hydrogen) atoms. The van der Waals surface area contributed by atoms with Crippen LogP contribution >= 0.6 is 11.6 Å². The van der Waals surface area contributed by atoms with Crippen LogP contribution in [0, 0.1) is 0 Å². The minimum atomic E-state index is -4.34. The average molecular weight is 262 g/mol. The van der Waals surface area contributed by atoms with Crippen molar-refractivity contribution >= 4 is 28.8 Å². The molecule has 0 aliphatic carbocycles. The molecule has 0 aliphatic rings. The minimum Gasteiger partial charge on any atom is -0.338 e. The fourth-order valence-electron chi connectivity index (χ4n) is 1.71. The number of aldehydes is 1. The molecule has 0 spiro atoms. The Morgan fingerprint density at radius 3 is 2.65 bits per heavy atom. The van der Waals surface area contributed by atoms with Gasteiger partial charge in [-0.05, 0) is 12.1 Å². The maximum atomic E-state index is 12.3. The first-order valence-electron chi connectivity index (χ1n) is 4.71. The van der Waals surface area contributed by atoms with E-state index in [4.69, 9.17) is 11.6 Å². The van der Waals surface area contributed by atoms with Gasteiger partial charge in [0.2, 0.25) is 0 Å². The Balaban J connectivity index is 2.62. The number of nitrogens with zero attached hydrogens (tertiary/aromatic N) is 1. The van der Waals surface area contributed by atoms with E-state index in [-0.39, 0.29) is 5.56 Å². The summed E-state index contributed by atoms with van der Waals surface area (Å²) in [5.41, 5.74) is 0.526. The van der Waals surface area contributed by atoms with Crippen molar-refractivity contribution in [1.82, 2.24) is 4.57 Å². The normalized spacial score (nSPS) is 12.0. The standard InChI is InChI=1S/C11H7ClF3NO/c12-8-1-2-9-7(5-17)4-16(10(9)3-8)6-11(13,14)15/h1-5H,6H2. The maximum Gasteiger partial charge on any atom is 0.406 e. The zero-order valence-corrected chi connectivity index (χ0v) is 9.22. The molecular formula is C11H7ClF3NO. The lowest BCUT2D eigenvalue weighted by Gasteiger charge is -2.08. The van der Waals surface area contributed by atoms with E-state index in [0.29, 0.717) is 22.2 Å². The molecule has 6 heteroatoms. The Morgan fingerprint density at radius 1 is 1.35 bits per heavy atom. The Bertz CT molecular complexity index is 574. The van der Waals surface area contributed by atoms with E-state index in [0.717, 1.165) is 4.57 Å². The van der Waals surface area contributed by atoms with Gasteiger partial charge in [-0.3, -0.25) is 4.79 Å². The quantitative estimate of drug-likeness (QED) is 0.756. The molecular weight excluding hydrogens is 255 g/mol. The van der Waals surface area contributed by atoms with E-state index in [1.807, 2.05) is 0 Å². The molecule has 2 rings (SSSR count). The van der Waals surface area contributed by atoms with Crippen molar-refractivity contribution in [2.75, 3.05) is 0 Å². The first kappa shape index (κ1) is 12.0. The van der Waals surface area contributed by atoms with E-state index >= 15 is 0 Å². The zero-order valence-electron chi connectivity index (χ0n) is 8.46. The van der Waals surface area contributed by atoms with Gasteiger partial charge < -0.3 is 4.57 Å². The fourth-order valence-corrected chi connectivity index (χ4v) is 1.88. The third-order valence-corrected chi connectivity index (χ3v) is 2.59. The lowest BCUT2D eigenvalue weighted by Crippen LogP contribution is -2.16. The topological polar surface area (TPSA) is 22.0 Å². The van der Waals surface area contributed by atoms with Gasteiger partial charge in [0.1, 0.15) is 6.54 Å². The predicted molar refractivity (Wildman–Crippen MR) is 58.4 cm³/mol. The fraction of sp³-hybridized carbons (Fsp3) is 0.182. The number of rotatable bonds is 2. The van der Waals surface area contributed by atoms with Crippen LogP contribution in [0.5, 0.6) is 0 Å². The van der Waals surface area contributed by atoms with Crippen molar-refractivity contribution in [1.29, 1.82) is 0 Å². The number of halogens is 4. The molecule has 0 unspecified atom stereocenters. The van der Waals surface area contributed by atoms with Crippen LogP contribution in [0.1, 0.15) is 10.4 Å². The Kier molecular flexibility index (Phi) is 2.87. The summed E-state index contributed by atoms with van der Waals surface area (Å²) in [6.07, 6.45) is -2.63. The highest BCUT2D eigenvalue weighted by molar-refractivity contribution is 6.31. The van der Waals surface area contributed by atoms with Gasteiger partial charge >= 0.3 is 6.18 Å². The van der Waals surface area contributed by atoms with Crippen LogP contribution < -0.4 is 0 Å². The summed E-state index contributed by atoms with van der Waals surface area (Å²) in [5.74, 6) is 0. The Labute approximate surface area is 99.6 Å². The molecule has 0 saturated carbocycles. The molecule has 1 aromatic carbocycles. The first-order valence-corrected chi connectivity index (χ1v) is 5.09. The summed E-state index contributed by atoms with van der Waals surface area (Å²) in [7, 11) is 0. The molecule has 0 N–H and O–H groups in total. The van der Waals surface area contributed by atoms with E-state index in [2.05, 4.69) is 0 Å². The van der Waals surface area contributed by atoms with Crippen molar-refractivity contribution in [2.45, 2.75) is 12.7 Å². The number of hydrogen-bond acceptors (Lipinski definition) is 1. The molecule has 0 radical (unpaired) electrons. The molecule has 2 nitrogen and oxygen atoms in total. The van der Waals surface area contributed by atoms with E-state index < -0.39 is 12.7 Å². The SMILES string of the molecule is O=Cc1cn(CC(F)(F)F)c2cc(Cl)ccc12. The third kappa shape index (κ3) is 2.44. The molecule has 0 saturated heterocycles. The van der Waals surface area contributed by atoms with Crippen LogP contribution in [-0.4, -0.2) is 17.0 Å². The highest BCUT2D eigenvalue weighted by atomic mass is 35.5. The van der Waals surface area contributed by atoms with Crippen molar-refractivity contribution < 1.29 is 18.0 Å². The first-order chi connectivity index (χ1) is 7.90. The predicted octanol–water partition coefficient (Wildman–Crippen LogP) is 3.67. The summed E-state index contributed by atoms with van der Waals surface area (Å²) in [4.78, 5) is 10.8. The van der Waals surface area contributed by atoms with Crippen LogP contribution in [0.25, 0.3) is 10.9 Å². The second-order valence-electron chi connectivity index (χ2n) is 3.61. The molecule has 1 aromatic heterocycles. The van der Waals surface area contributed by atoms with Gasteiger partial charge in [0.15, 0.2) is 6.29 Å². The van der Waals surface area contributed by atoms with Crippen LogP contribution in [-0.2, 0) is 6.54 Å². The van der Waals surface area contributed by atoms with Gasteiger partial charge in [0.05, 0.1) is 5.52 Å². The highest BCUT2D eigenvalue weighted by Crippen LogP contribution is 2.27. The summed E-state index contributed by atoms with van der Waals surface area (Å²) >= 11 is 5.73. The number of alkyl halides is 3. The summed E-state index contributed by atoms with van der Waals surface area (Å²) in [6, 6.07) is 4.48. The van der Waals surface area contributed by atoms with E-state index in [1.165, 1.54) is 24.4 Å². The van der Waals surface area contributed by atoms with Crippen LogP contribution in [0.3, 0.4) is 0 Å². The van der Waals surface area contributed by atoms with Gasteiger partial charge in [0, 0.05) is 22.2 Å². The molecule has 2 aromatic rings. The summed E-state index contributed by atoms with van der Waals surface area (Å²) in [6.45, 7) is -1.14. The van der Waals surface area contributed by atoms with Crippen LogP contribution in [0.15, 0.2) is 24.4 Å². The van der Waals surface area contributed by atoms with Gasteiger partial charge in [-0.15, -0.1) is 0 Å². The monoisotopic (exact) mass is 261 g/mol. The third-order valence-electron chi connectivity index (χ3n) is 2.35. The molecule has 1 heterocycles. The van der Waals surface area contributed by atoms with Gasteiger partial charge in [-0.2, -0.15) is 13.2 Å². The maximum absolute atomic E-state index is 12.3. The van der Waals surface area contributed by atoms with Crippen molar-refractivity contribution in [3.05, 3.63) is 35.0 Å². The average Bonchev–Trinajstić information content (AvgIpc) is 2.54. The molecule has 90 valence electrons. The molecule has 0 bridgehead atoms. The Hall–Kier alpha value is -1.49. The number of hydrogen-bond donors (Lipinski definition) is 0. The molecule has 0 aliphatic heterocycles. The summed E-state index contributed by atoms with van der Waals surface area (Å²) in [5, 5.41) is 0.796. The lowest BCUT2D eigenvalue weighted by atomic mass is 10.2. The smallest absolute Gasteiger partial charge is 0.338 e. The lowest BCUT2D eigenvalue weighted by molar-refractivity contribution is -0.139. The van der Waals surface area contributed by atoms with Crippen LogP contribution in [0.4, 0.5) is 13.2 Å². The summed E-state index contributed by atoms with van der Waals surface area (Å²) < 4.78 is 38.0. The zero-order chi connectivity index (χ0) is 12.6. The highest BCUT2D eigenvalue weighted by Gasteiger charge is 2.28. The number of fused-ring (bicyclic) bond motifs is 1. The van der Waals surface area contributed by atoms with Gasteiger partial charge in [-0.1, -0.05) is 17.7 Å². The minimum absolute atomic E-state index is 0.223. The van der Waals surface area contributed by atoms with Crippen molar-refractivity contribution in [2.24, 2.45) is 0 Å². The van der Waals surface area contributed by atoms with Crippen molar-refractivity contribution in [3.63, 3.8) is 0 Å². The number of carbonyl (C=O) groups is 1.